The van der Waals surface area contributed by atoms with E-state index in [1.807, 2.05) is 12.1 Å². The van der Waals surface area contributed by atoms with Gasteiger partial charge in [0.2, 0.25) is 0 Å². The molecule has 0 spiro atoms. The molecule has 2 aromatic heterocycles. The van der Waals surface area contributed by atoms with Crippen LogP contribution in [0, 0.1) is 0 Å². The lowest BCUT2D eigenvalue weighted by Crippen LogP contribution is -2.10. The van der Waals surface area contributed by atoms with Gasteiger partial charge < -0.3 is 18.6 Å². The molecule has 442 valence electrons. The summed E-state index contributed by atoms with van der Waals surface area (Å²) in [5, 5.41) is 6.86. The van der Waals surface area contributed by atoms with Crippen molar-refractivity contribution >= 4 is 77.6 Å². The fourth-order valence-electron chi connectivity index (χ4n) is 13.9. The molecule has 0 radical (unpaired) electrons. The topological polar surface area (TPSA) is 32.8 Å². The molecule has 0 saturated heterocycles. The Morgan fingerprint density at radius 1 is 0.160 bits per heavy atom. The summed E-state index contributed by atoms with van der Waals surface area (Å²) in [6.07, 6.45) is 0. The summed E-state index contributed by atoms with van der Waals surface area (Å²) in [5.41, 5.74) is 23.4. The summed E-state index contributed by atoms with van der Waals surface area (Å²) in [5.74, 6) is 1.71. The Bertz CT molecular complexity index is 5170. The second kappa shape index (κ2) is 24.0. The Hall–Kier alpha value is -12.5. The van der Waals surface area contributed by atoms with Crippen LogP contribution in [-0.2, 0) is 0 Å². The van der Waals surface area contributed by atoms with Crippen LogP contribution in [0.3, 0.4) is 0 Å². The fourth-order valence-corrected chi connectivity index (χ4v) is 13.9. The highest BCUT2D eigenvalue weighted by molar-refractivity contribution is 6.21. The van der Waals surface area contributed by atoms with E-state index in [-0.39, 0.29) is 0 Å². The van der Waals surface area contributed by atoms with Crippen LogP contribution in [0.1, 0.15) is 0 Å². The number of anilines is 6. The first-order valence-electron chi connectivity index (χ1n) is 32.0. The first kappa shape index (κ1) is 55.6. The minimum atomic E-state index is 0.817. The number of nitrogens with zero attached hydrogens (tertiary/aromatic N) is 2. The lowest BCUT2D eigenvalue weighted by molar-refractivity contribution is 0.632. The highest BCUT2D eigenvalue weighted by Gasteiger charge is 2.25. The summed E-state index contributed by atoms with van der Waals surface area (Å²) < 4.78 is 13.9. The van der Waals surface area contributed by atoms with Crippen LogP contribution in [0.25, 0.3) is 133 Å². The van der Waals surface area contributed by atoms with Crippen LogP contribution in [0.15, 0.2) is 373 Å². The molecule has 0 atom stereocenters. The average molecular weight is 1200 g/mol. The molecule has 17 rings (SSSR count). The molecule has 0 unspecified atom stereocenters. The van der Waals surface area contributed by atoms with Gasteiger partial charge in [-0.05, 0) is 150 Å². The molecule has 4 heteroatoms. The molecule has 4 nitrogen and oxygen atoms in total. The second-order valence-electron chi connectivity index (χ2n) is 23.9. The normalized spacial score (nSPS) is 11.4. The number of hydrogen-bond donors (Lipinski definition) is 0. The molecule has 17 aromatic rings. The van der Waals surface area contributed by atoms with Gasteiger partial charge in [0.15, 0.2) is 0 Å². The summed E-state index contributed by atoms with van der Waals surface area (Å²) in [7, 11) is 0. The summed E-state index contributed by atoms with van der Waals surface area (Å²) in [6, 6.07) is 130. The van der Waals surface area contributed by atoms with Gasteiger partial charge in [-0.25, -0.2) is 0 Å². The van der Waals surface area contributed by atoms with Crippen molar-refractivity contribution in [2.45, 2.75) is 0 Å². The second-order valence-corrected chi connectivity index (χ2v) is 23.9. The monoisotopic (exact) mass is 1200 g/mol. The predicted molar refractivity (Wildman–Crippen MR) is 394 cm³/mol. The van der Waals surface area contributed by atoms with Gasteiger partial charge in [0, 0.05) is 79.3 Å². The van der Waals surface area contributed by atoms with E-state index in [0.717, 1.165) is 134 Å². The zero-order valence-corrected chi connectivity index (χ0v) is 51.4. The summed E-state index contributed by atoms with van der Waals surface area (Å²) in [6.45, 7) is 0. The molecule has 15 aromatic carbocycles. The number of hydrogen-bond acceptors (Lipinski definition) is 4. The number of rotatable bonds is 14. The van der Waals surface area contributed by atoms with Crippen molar-refractivity contribution in [3.05, 3.63) is 364 Å². The van der Waals surface area contributed by atoms with Crippen molar-refractivity contribution in [3.63, 3.8) is 0 Å². The maximum absolute atomic E-state index is 6.97. The molecule has 0 aliphatic heterocycles. The van der Waals surface area contributed by atoms with Crippen LogP contribution in [0.2, 0.25) is 0 Å². The maximum atomic E-state index is 6.97. The fraction of sp³-hybridized carbons (Fsp3) is 0. The Labute approximate surface area is 546 Å². The molecule has 0 bridgehead atoms. The van der Waals surface area contributed by atoms with Crippen LogP contribution >= 0.6 is 0 Å². The van der Waals surface area contributed by atoms with E-state index in [1.165, 1.54) is 32.7 Å². The zero-order valence-electron chi connectivity index (χ0n) is 51.4. The molecule has 0 saturated carbocycles. The number of fused-ring (bicyclic) bond motifs is 4. The van der Waals surface area contributed by atoms with E-state index in [9.17, 15) is 0 Å². The molecule has 2 heterocycles. The van der Waals surface area contributed by atoms with Crippen LogP contribution in [0.5, 0.6) is 0 Å². The minimum absolute atomic E-state index is 0.817. The van der Waals surface area contributed by atoms with E-state index >= 15 is 0 Å². The largest absolute Gasteiger partial charge is 0.455 e. The van der Waals surface area contributed by atoms with Crippen molar-refractivity contribution in [3.8, 4) is 89.4 Å². The highest BCUT2D eigenvalue weighted by Crippen LogP contribution is 2.49. The van der Waals surface area contributed by atoms with Gasteiger partial charge in [0.25, 0.3) is 0 Å². The van der Waals surface area contributed by atoms with Crippen molar-refractivity contribution in [1.29, 1.82) is 0 Å². The molecule has 0 amide bonds. The van der Waals surface area contributed by atoms with Crippen molar-refractivity contribution in [2.75, 3.05) is 9.80 Å². The molecule has 0 aliphatic carbocycles. The third-order valence-corrected chi connectivity index (χ3v) is 18.2. The standard InChI is InChI=1S/C90H60N2O2/c1-7-25-61(26-8-1)69-37-23-39-73(57-69)91(75-53-55-81-83(59-75)93-89(67-33-15-5-16-34-67)87(81)63-29-11-3-12-30-63)71-49-45-65(46-50-71)85-77-41-19-21-43-79(77)86(80-44-22-20-42-78(80)85)66-47-51-72(52-48-66)92(74-40-24-38-70(58-74)62-27-9-2-10-28-62)76-54-56-82-84(60-76)94-90(68-35-17-6-18-36-68)88(82)64-31-13-4-14-32-64/h1-60H. The summed E-state index contributed by atoms with van der Waals surface area (Å²) in [4.78, 5) is 4.71. The van der Waals surface area contributed by atoms with Crippen LogP contribution in [-0.4, -0.2) is 0 Å². The van der Waals surface area contributed by atoms with Gasteiger partial charge in [-0.15, -0.1) is 0 Å². The van der Waals surface area contributed by atoms with Gasteiger partial charge in [0.05, 0.1) is 0 Å². The third-order valence-electron chi connectivity index (χ3n) is 18.2. The van der Waals surface area contributed by atoms with Gasteiger partial charge >= 0.3 is 0 Å². The van der Waals surface area contributed by atoms with Gasteiger partial charge in [-0.1, -0.05) is 279 Å². The lowest BCUT2D eigenvalue weighted by atomic mass is 9.86. The smallest absolute Gasteiger partial charge is 0.143 e. The molecule has 94 heavy (non-hydrogen) atoms. The molecular weight excluding hydrogens is 1140 g/mol. The van der Waals surface area contributed by atoms with E-state index in [4.69, 9.17) is 8.83 Å². The summed E-state index contributed by atoms with van der Waals surface area (Å²) >= 11 is 0. The SMILES string of the molecule is c1ccc(-c2cccc(N(c3ccc(-c4c5ccccc5c(-c5ccc(N(c6cccc(-c7ccccc7)c6)c6ccc7c(-c8ccccc8)c(-c8ccccc8)oc7c6)cc5)c5ccccc45)cc3)c3ccc4c(-c5ccccc5)c(-c5ccccc5)oc4c3)c2)cc1. The van der Waals surface area contributed by atoms with Gasteiger partial charge in [-0.3, -0.25) is 0 Å². The first-order chi connectivity index (χ1) is 46.6. The van der Waals surface area contributed by atoms with E-state index in [0.29, 0.717) is 0 Å². The molecule has 0 aliphatic rings. The quantitative estimate of drug-likeness (QED) is 0.102. The van der Waals surface area contributed by atoms with Crippen LogP contribution < -0.4 is 9.80 Å². The number of furan rings is 2. The highest BCUT2D eigenvalue weighted by atomic mass is 16.3. The number of benzene rings is 15. The Morgan fingerprint density at radius 2 is 0.426 bits per heavy atom. The van der Waals surface area contributed by atoms with Gasteiger partial charge in [0.1, 0.15) is 22.7 Å². The average Bonchev–Trinajstić information content (AvgIpc) is 1.19. The third kappa shape index (κ3) is 10.2. The van der Waals surface area contributed by atoms with Crippen molar-refractivity contribution in [1.82, 2.24) is 0 Å². The van der Waals surface area contributed by atoms with Crippen LogP contribution in [0.4, 0.5) is 34.1 Å². The minimum Gasteiger partial charge on any atom is -0.455 e. The maximum Gasteiger partial charge on any atom is 0.143 e. The molecular formula is C90H60N2O2. The Kier molecular flexibility index (Phi) is 14.2. The van der Waals surface area contributed by atoms with E-state index < -0.39 is 0 Å². The van der Waals surface area contributed by atoms with E-state index in [1.54, 1.807) is 0 Å². The van der Waals surface area contributed by atoms with Crippen molar-refractivity contribution < 1.29 is 8.83 Å². The predicted octanol–water partition coefficient (Wildman–Crippen LogP) is 25.8. The first-order valence-corrected chi connectivity index (χ1v) is 32.0. The Balaban J connectivity index is 0.774. The Morgan fingerprint density at radius 3 is 0.766 bits per heavy atom. The molecule has 0 fully saturated rings. The van der Waals surface area contributed by atoms with Crippen molar-refractivity contribution in [2.24, 2.45) is 0 Å². The zero-order chi connectivity index (χ0) is 62.3. The lowest BCUT2D eigenvalue weighted by Gasteiger charge is -2.27. The van der Waals surface area contributed by atoms with E-state index in [2.05, 4.69) is 362 Å². The van der Waals surface area contributed by atoms with Gasteiger partial charge in [-0.2, -0.15) is 0 Å². The molecule has 0 N–H and O–H groups in total.